The summed E-state index contributed by atoms with van der Waals surface area (Å²) in [7, 11) is -3.18. The van der Waals surface area contributed by atoms with Gasteiger partial charge in [0.1, 0.15) is 12.2 Å². The zero-order valence-corrected chi connectivity index (χ0v) is 10.1. The first kappa shape index (κ1) is 12.6. The summed E-state index contributed by atoms with van der Waals surface area (Å²) in [5, 5.41) is 10.7. The number of nitro groups is 1. The van der Waals surface area contributed by atoms with Crippen LogP contribution in [0.2, 0.25) is 0 Å². The standard InChI is InChI=1S/C8H13N3O4S/c1-6(5-16(3,14)15)10-7(2)9-4-8(10)11(12)13/h4,6H,5H2,1-3H3. The maximum Gasteiger partial charge on any atom is 0.343 e. The van der Waals surface area contributed by atoms with Gasteiger partial charge in [0.25, 0.3) is 0 Å². The van der Waals surface area contributed by atoms with Crippen molar-refractivity contribution in [3.05, 3.63) is 22.1 Å². The molecule has 0 aliphatic heterocycles. The van der Waals surface area contributed by atoms with Crippen LogP contribution in [0.4, 0.5) is 5.82 Å². The van der Waals surface area contributed by atoms with Crippen molar-refractivity contribution in [2.45, 2.75) is 19.9 Å². The highest BCUT2D eigenvalue weighted by Gasteiger charge is 2.25. The van der Waals surface area contributed by atoms with E-state index in [2.05, 4.69) is 4.98 Å². The molecule has 8 heteroatoms. The lowest BCUT2D eigenvalue weighted by Gasteiger charge is -2.10. The molecule has 0 amide bonds. The Morgan fingerprint density at radius 1 is 1.62 bits per heavy atom. The van der Waals surface area contributed by atoms with Crippen molar-refractivity contribution in [1.82, 2.24) is 9.55 Å². The lowest BCUT2D eigenvalue weighted by atomic mass is 10.4. The zero-order valence-electron chi connectivity index (χ0n) is 9.24. The average Bonchev–Trinajstić information content (AvgIpc) is 2.43. The van der Waals surface area contributed by atoms with Crippen LogP contribution in [0.25, 0.3) is 0 Å². The Hall–Kier alpha value is -1.44. The van der Waals surface area contributed by atoms with Gasteiger partial charge in [0, 0.05) is 13.2 Å². The number of imidazole rings is 1. The molecule has 90 valence electrons. The molecule has 0 aliphatic carbocycles. The fourth-order valence-electron chi connectivity index (χ4n) is 1.63. The van der Waals surface area contributed by atoms with Gasteiger partial charge in [-0.05, 0) is 11.8 Å². The minimum Gasteiger partial charge on any atom is -0.358 e. The van der Waals surface area contributed by atoms with E-state index in [1.54, 1.807) is 13.8 Å². The van der Waals surface area contributed by atoms with E-state index in [-0.39, 0.29) is 11.6 Å². The van der Waals surface area contributed by atoms with Crippen molar-refractivity contribution >= 4 is 15.7 Å². The number of aromatic nitrogens is 2. The second-order valence-corrected chi connectivity index (χ2v) is 5.92. The fourth-order valence-corrected chi connectivity index (χ4v) is 2.66. The van der Waals surface area contributed by atoms with Gasteiger partial charge in [-0.1, -0.05) is 0 Å². The van der Waals surface area contributed by atoms with E-state index in [1.807, 2.05) is 0 Å². The van der Waals surface area contributed by atoms with Crippen molar-refractivity contribution in [2.75, 3.05) is 12.0 Å². The molecule has 1 aromatic rings. The largest absolute Gasteiger partial charge is 0.358 e. The van der Waals surface area contributed by atoms with Crippen molar-refractivity contribution < 1.29 is 13.3 Å². The highest BCUT2D eigenvalue weighted by molar-refractivity contribution is 7.90. The maximum absolute atomic E-state index is 11.1. The molecule has 7 nitrogen and oxygen atoms in total. The third-order valence-electron chi connectivity index (χ3n) is 2.13. The fraction of sp³-hybridized carbons (Fsp3) is 0.625. The molecule has 1 unspecified atom stereocenters. The van der Waals surface area contributed by atoms with Gasteiger partial charge < -0.3 is 10.1 Å². The van der Waals surface area contributed by atoms with Crippen LogP contribution >= 0.6 is 0 Å². The van der Waals surface area contributed by atoms with Crippen molar-refractivity contribution in [3.8, 4) is 0 Å². The second-order valence-electron chi connectivity index (χ2n) is 3.73. The van der Waals surface area contributed by atoms with E-state index in [9.17, 15) is 18.5 Å². The lowest BCUT2D eigenvalue weighted by molar-refractivity contribution is -0.392. The Labute approximate surface area is 93.2 Å². The van der Waals surface area contributed by atoms with Gasteiger partial charge in [0.05, 0.1) is 5.75 Å². The van der Waals surface area contributed by atoms with Gasteiger partial charge in [0.15, 0.2) is 15.7 Å². The van der Waals surface area contributed by atoms with Crippen molar-refractivity contribution in [3.63, 3.8) is 0 Å². The molecule has 0 spiro atoms. The third-order valence-corrected chi connectivity index (χ3v) is 3.22. The Morgan fingerprint density at radius 3 is 2.62 bits per heavy atom. The van der Waals surface area contributed by atoms with Crippen LogP contribution in [0.3, 0.4) is 0 Å². The first-order valence-electron chi connectivity index (χ1n) is 4.58. The summed E-state index contributed by atoms with van der Waals surface area (Å²) in [6.45, 7) is 3.22. The molecule has 0 aromatic carbocycles. The quantitative estimate of drug-likeness (QED) is 0.576. The van der Waals surface area contributed by atoms with Gasteiger partial charge in [0.2, 0.25) is 0 Å². The predicted octanol–water partition coefficient (Wildman–Crippen LogP) is 0.705. The topological polar surface area (TPSA) is 95.1 Å². The Balaban J connectivity index is 3.12. The number of rotatable bonds is 4. The lowest BCUT2D eigenvalue weighted by Crippen LogP contribution is -2.18. The minimum absolute atomic E-state index is 0.148. The predicted molar refractivity (Wildman–Crippen MR) is 58.0 cm³/mol. The van der Waals surface area contributed by atoms with Gasteiger partial charge in [-0.3, -0.25) is 0 Å². The number of nitrogens with zero attached hydrogens (tertiary/aromatic N) is 3. The highest BCUT2D eigenvalue weighted by Crippen LogP contribution is 2.20. The molecular formula is C8H13N3O4S. The summed E-state index contributed by atoms with van der Waals surface area (Å²) >= 11 is 0. The second kappa shape index (κ2) is 4.20. The molecule has 0 saturated heterocycles. The molecule has 16 heavy (non-hydrogen) atoms. The van der Waals surface area contributed by atoms with Crippen LogP contribution in [-0.4, -0.2) is 34.9 Å². The molecule has 0 bridgehead atoms. The number of hydrogen-bond donors (Lipinski definition) is 0. The number of hydrogen-bond acceptors (Lipinski definition) is 5. The van der Waals surface area contributed by atoms with Crippen LogP contribution in [0, 0.1) is 17.0 Å². The molecule has 1 atom stereocenters. The molecule has 0 fully saturated rings. The minimum atomic E-state index is -3.18. The smallest absolute Gasteiger partial charge is 0.343 e. The molecule has 0 aliphatic rings. The summed E-state index contributed by atoms with van der Waals surface area (Å²) in [6.07, 6.45) is 2.23. The molecule has 1 rings (SSSR count). The van der Waals surface area contributed by atoms with E-state index in [1.165, 1.54) is 4.57 Å². The van der Waals surface area contributed by atoms with Gasteiger partial charge in [-0.15, -0.1) is 0 Å². The van der Waals surface area contributed by atoms with Crippen molar-refractivity contribution in [1.29, 1.82) is 0 Å². The average molecular weight is 247 g/mol. The van der Waals surface area contributed by atoms with Gasteiger partial charge in [-0.2, -0.15) is 0 Å². The molecule has 1 heterocycles. The molecule has 0 N–H and O–H groups in total. The Bertz CT molecular complexity index is 505. The SMILES string of the molecule is Cc1ncc([N+](=O)[O-])n1C(C)CS(C)(=O)=O. The molecular weight excluding hydrogens is 234 g/mol. The van der Waals surface area contributed by atoms with Crippen LogP contribution in [0.5, 0.6) is 0 Å². The van der Waals surface area contributed by atoms with Crippen LogP contribution < -0.4 is 0 Å². The number of aryl methyl sites for hydroxylation is 1. The van der Waals surface area contributed by atoms with Crippen LogP contribution in [0.1, 0.15) is 18.8 Å². The first-order chi connectivity index (χ1) is 7.22. The first-order valence-corrected chi connectivity index (χ1v) is 6.64. The Kier molecular flexibility index (Phi) is 3.32. The van der Waals surface area contributed by atoms with Crippen molar-refractivity contribution in [2.24, 2.45) is 0 Å². The third kappa shape index (κ3) is 2.78. The number of sulfone groups is 1. The molecule has 1 aromatic heterocycles. The van der Waals surface area contributed by atoms with E-state index in [0.29, 0.717) is 5.82 Å². The van der Waals surface area contributed by atoms with Gasteiger partial charge in [-0.25, -0.2) is 18.0 Å². The van der Waals surface area contributed by atoms with E-state index in [0.717, 1.165) is 12.5 Å². The summed E-state index contributed by atoms with van der Waals surface area (Å²) in [5.41, 5.74) is 0. The normalized spacial score (nSPS) is 13.7. The van der Waals surface area contributed by atoms with Gasteiger partial charge >= 0.3 is 5.82 Å². The van der Waals surface area contributed by atoms with E-state index < -0.39 is 20.8 Å². The molecule has 0 radical (unpaired) electrons. The summed E-state index contributed by atoms with van der Waals surface area (Å²) in [4.78, 5) is 13.9. The highest BCUT2D eigenvalue weighted by atomic mass is 32.2. The van der Waals surface area contributed by atoms with Crippen LogP contribution in [0.15, 0.2) is 6.20 Å². The summed E-state index contributed by atoms with van der Waals surface area (Å²) in [6, 6.07) is -0.502. The Morgan fingerprint density at radius 2 is 2.19 bits per heavy atom. The summed E-state index contributed by atoms with van der Waals surface area (Å²) < 4.78 is 23.6. The monoisotopic (exact) mass is 247 g/mol. The van der Waals surface area contributed by atoms with Crippen LogP contribution in [-0.2, 0) is 9.84 Å². The molecule has 0 saturated carbocycles. The van der Waals surface area contributed by atoms with E-state index in [4.69, 9.17) is 0 Å². The van der Waals surface area contributed by atoms with E-state index >= 15 is 0 Å². The zero-order chi connectivity index (χ0) is 12.5. The summed E-state index contributed by atoms with van der Waals surface area (Å²) in [5.74, 6) is 0.0990. The maximum atomic E-state index is 11.1.